The molecule has 0 aliphatic heterocycles. The number of rotatable bonds is 4. The minimum atomic E-state index is 0.163. The highest BCUT2D eigenvalue weighted by atomic mass is 32.1. The van der Waals surface area contributed by atoms with E-state index >= 15 is 0 Å². The van der Waals surface area contributed by atoms with E-state index in [1.54, 1.807) is 11.3 Å². The Balaban J connectivity index is 2.58. The second kappa shape index (κ2) is 4.74. The van der Waals surface area contributed by atoms with Crippen LogP contribution >= 0.6 is 11.3 Å². The number of thiophene rings is 1. The predicted octanol–water partition coefficient (Wildman–Crippen LogP) is 2.09. The van der Waals surface area contributed by atoms with Crippen LogP contribution in [0.25, 0.3) is 0 Å². The highest BCUT2D eigenvalue weighted by molar-refractivity contribution is 7.10. The summed E-state index contributed by atoms with van der Waals surface area (Å²) in [6.07, 6.45) is 0. The summed E-state index contributed by atoms with van der Waals surface area (Å²) >= 11 is 1.77. The van der Waals surface area contributed by atoms with E-state index in [4.69, 9.17) is 5.11 Å². The molecule has 13 heavy (non-hydrogen) atoms. The van der Waals surface area contributed by atoms with Crippen molar-refractivity contribution >= 4 is 11.3 Å². The lowest BCUT2D eigenvalue weighted by molar-refractivity contribution is 0.243. The average Bonchev–Trinajstić information content (AvgIpc) is 2.51. The molecule has 0 spiro atoms. The van der Waals surface area contributed by atoms with Crippen LogP contribution in [-0.4, -0.2) is 17.8 Å². The van der Waals surface area contributed by atoms with Gasteiger partial charge in [-0.05, 0) is 37.8 Å². The number of aliphatic hydroxyl groups is 1. The monoisotopic (exact) mass is 199 g/mol. The molecule has 0 radical (unpaired) electrons. The van der Waals surface area contributed by atoms with Crippen LogP contribution in [0.5, 0.6) is 0 Å². The third-order valence-electron chi connectivity index (χ3n) is 2.10. The molecule has 0 fully saturated rings. The van der Waals surface area contributed by atoms with E-state index in [-0.39, 0.29) is 12.6 Å². The van der Waals surface area contributed by atoms with Crippen LogP contribution in [-0.2, 0) is 0 Å². The van der Waals surface area contributed by atoms with Gasteiger partial charge in [-0.2, -0.15) is 0 Å². The van der Waals surface area contributed by atoms with Crippen molar-refractivity contribution in [2.75, 3.05) is 6.61 Å². The molecule has 2 atom stereocenters. The van der Waals surface area contributed by atoms with Gasteiger partial charge in [0.25, 0.3) is 0 Å². The van der Waals surface area contributed by atoms with Gasteiger partial charge < -0.3 is 10.4 Å². The molecule has 2 unspecified atom stereocenters. The van der Waals surface area contributed by atoms with Gasteiger partial charge in [0.1, 0.15) is 0 Å². The van der Waals surface area contributed by atoms with Gasteiger partial charge in [-0.25, -0.2) is 0 Å². The summed E-state index contributed by atoms with van der Waals surface area (Å²) in [5, 5.41) is 14.3. The summed E-state index contributed by atoms with van der Waals surface area (Å²) < 4.78 is 0. The molecule has 0 saturated heterocycles. The molecule has 1 rings (SSSR count). The third kappa shape index (κ3) is 2.79. The van der Waals surface area contributed by atoms with Crippen LogP contribution in [0.1, 0.15) is 30.3 Å². The van der Waals surface area contributed by atoms with E-state index in [1.165, 1.54) is 10.4 Å². The van der Waals surface area contributed by atoms with E-state index in [1.807, 2.05) is 6.92 Å². The first-order valence-corrected chi connectivity index (χ1v) is 5.44. The van der Waals surface area contributed by atoms with Crippen molar-refractivity contribution in [3.05, 3.63) is 21.9 Å². The molecule has 0 aliphatic carbocycles. The maximum atomic E-state index is 8.89. The molecule has 0 aromatic carbocycles. The maximum absolute atomic E-state index is 8.89. The minimum Gasteiger partial charge on any atom is -0.395 e. The van der Waals surface area contributed by atoms with Gasteiger partial charge in [0.15, 0.2) is 0 Å². The van der Waals surface area contributed by atoms with Crippen molar-refractivity contribution < 1.29 is 5.11 Å². The topological polar surface area (TPSA) is 32.3 Å². The normalized spacial score (nSPS) is 15.7. The molecule has 0 amide bonds. The Morgan fingerprint density at radius 3 is 2.69 bits per heavy atom. The minimum absolute atomic E-state index is 0.163. The fourth-order valence-electron chi connectivity index (χ4n) is 1.38. The SMILES string of the molecule is Cc1ccsc1C(C)NC(C)CO. The van der Waals surface area contributed by atoms with Gasteiger partial charge >= 0.3 is 0 Å². The Morgan fingerprint density at radius 2 is 2.23 bits per heavy atom. The molecule has 1 aromatic heterocycles. The molecule has 0 saturated carbocycles. The van der Waals surface area contributed by atoms with Crippen LogP contribution in [0.15, 0.2) is 11.4 Å². The Bertz CT molecular complexity index is 259. The van der Waals surface area contributed by atoms with Gasteiger partial charge in [-0.3, -0.25) is 0 Å². The molecule has 2 nitrogen and oxygen atoms in total. The van der Waals surface area contributed by atoms with Crippen molar-refractivity contribution in [2.24, 2.45) is 0 Å². The molecular formula is C10H17NOS. The zero-order valence-electron chi connectivity index (χ0n) is 8.37. The molecule has 0 bridgehead atoms. The summed E-state index contributed by atoms with van der Waals surface area (Å²) in [7, 11) is 0. The van der Waals surface area contributed by atoms with Crippen LogP contribution < -0.4 is 5.32 Å². The number of aryl methyl sites for hydroxylation is 1. The van der Waals surface area contributed by atoms with Crippen LogP contribution in [0.3, 0.4) is 0 Å². The zero-order valence-corrected chi connectivity index (χ0v) is 9.19. The standard InChI is InChI=1S/C10H17NOS/c1-7-4-5-13-10(7)9(3)11-8(2)6-12/h4-5,8-9,11-12H,6H2,1-3H3. The summed E-state index contributed by atoms with van der Waals surface area (Å²) in [5.41, 5.74) is 1.33. The quantitative estimate of drug-likeness (QED) is 0.778. The Morgan fingerprint density at radius 1 is 1.54 bits per heavy atom. The lowest BCUT2D eigenvalue weighted by Gasteiger charge is -2.17. The third-order valence-corrected chi connectivity index (χ3v) is 3.30. The zero-order chi connectivity index (χ0) is 9.84. The lowest BCUT2D eigenvalue weighted by atomic mass is 10.2. The van der Waals surface area contributed by atoms with Gasteiger partial charge in [-0.1, -0.05) is 0 Å². The van der Waals surface area contributed by atoms with Crippen molar-refractivity contribution in [1.29, 1.82) is 0 Å². The largest absolute Gasteiger partial charge is 0.395 e. The second-order valence-electron chi connectivity index (χ2n) is 3.44. The number of hydrogen-bond acceptors (Lipinski definition) is 3. The smallest absolute Gasteiger partial charge is 0.0582 e. The van der Waals surface area contributed by atoms with Crippen LogP contribution in [0.4, 0.5) is 0 Å². The first-order valence-electron chi connectivity index (χ1n) is 4.56. The summed E-state index contributed by atoms with van der Waals surface area (Å²) in [6.45, 7) is 6.42. The van der Waals surface area contributed by atoms with E-state index < -0.39 is 0 Å². The lowest BCUT2D eigenvalue weighted by Crippen LogP contribution is -2.31. The Labute approximate surface area is 83.6 Å². The Hall–Kier alpha value is -0.380. The van der Waals surface area contributed by atoms with Crippen molar-refractivity contribution in [3.8, 4) is 0 Å². The van der Waals surface area contributed by atoms with E-state index in [0.717, 1.165) is 0 Å². The van der Waals surface area contributed by atoms with E-state index in [2.05, 4.69) is 30.6 Å². The van der Waals surface area contributed by atoms with E-state index in [0.29, 0.717) is 6.04 Å². The predicted molar refractivity (Wildman–Crippen MR) is 57.2 cm³/mol. The number of nitrogens with one attached hydrogen (secondary N) is 1. The van der Waals surface area contributed by atoms with E-state index in [9.17, 15) is 0 Å². The van der Waals surface area contributed by atoms with Gasteiger partial charge in [0, 0.05) is 17.0 Å². The average molecular weight is 199 g/mol. The van der Waals surface area contributed by atoms with Gasteiger partial charge in [0.05, 0.1) is 6.61 Å². The Kier molecular flexibility index (Phi) is 3.90. The molecule has 1 aromatic rings. The molecule has 2 N–H and O–H groups in total. The number of aliphatic hydroxyl groups excluding tert-OH is 1. The molecule has 74 valence electrons. The van der Waals surface area contributed by atoms with Crippen molar-refractivity contribution in [2.45, 2.75) is 32.9 Å². The highest BCUT2D eigenvalue weighted by Gasteiger charge is 2.11. The van der Waals surface area contributed by atoms with Crippen molar-refractivity contribution in [1.82, 2.24) is 5.32 Å². The molecule has 3 heteroatoms. The van der Waals surface area contributed by atoms with Crippen molar-refractivity contribution in [3.63, 3.8) is 0 Å². The fraction of sp³-hybridized carbons (Fsp3) is 0.600. The first-order chi connectivity index (χ1) is 6.15. The summed E-state index contributed by atoms with van der Waals surface area (Å²) in [5.74, 6) is 0. The summed E-state index contributed by atoms with van der Waals surface area (Å²) in [6, 6.07) is 2.63. The summed E-state index contributed by atoms with van der Waals surface area (Å²) in [4.78, 5) is 1.36. The second-order valence-corrected chi connectivity index (χ2v) is 4.39. The van der Waals surface area contributed by atoms with Crippen LogP contribution in [0, 0.1) is 6.92 Å². The van der Waals surface area contributed by atoms with Crippen LogP contribution in [0.2, 0.25) is 0 Å². The first kappa shape index (κ1) is 10.7. The molecular weight excluding hydrogens is 182 g/mol. The van der Waals surface area contributed by atoms with Gasteiger partial charge in [0.2, 0.25) is 0 Å². The fourth-order valence-corrected chi connectivity index (χ4v) is 2.33. The molecule has 1 heterocycles. The highest BCUT2D eigenvalue weighted by Crippen LogP contribution is 2.23. The molecule has 0 aliphatic rings. The number of hydrogen-bond donors (Lipinski definition) is 2. The maximum Gasteiger partial charge on any atom is 0.0582 e. The van der Waals surface area contributed by atoms with Gasteiger partial charge in [-0.15, -0.1) is 11.3 Å².